The molecule has 132 valence electrons. The molecule has 0 heterocycles. The van der Waals surface area contributed by atoms with E-state index in [1.807, 2.05) is 62.4 Å². The van der Waals surface area contributed by atoms with Crippen molar-refractivity contribution in [3.63, 3.8) is 0 Å². The second-order valence-electron chi connectivity index (χ2n) is 6.07. The number of amides is 2. The van der Waals surface area contributed by atoms with Gasteiger partial charge in [-0.05, 0) is 42.7 Å². The number of hydrogen-bond donors (Lipinski definition) is 1. The molecular formula is C20H23BrN2O2. The predicted molar refractivity (Wildman–Crippen MR) is 105 cm³/mol. The van der Waals surface area contributed by atoms with Crippen molar-refractivity contribution in [1.82, 2.24) is 4.90 Å². The number of benzene rings is 2. The van der Waals surface area contributed by atoms with E-state index in [-0.39, 0.29) is 24.3 Å². The number of nitrogens with one attached hydrogen (secondary N) is 1. The van der Waals surface area contributed by atoms with Gasteiger partial charge in [-0.15, -0.1) is 0 Å². The molecule has 0 aliphatic carbocycles. The van der Waals surface area contributed by atoms with Gasteiger partial charge in [0.05, 0.1) is 12.5 Å². The van der Waals surface area contributed by atoms with Crippen LogP contribution in [0.15, 0.2) is 53.0 Å². The maximum Gasteiger partial charge on any atom is 0.243 e. The second kappa shape index (κ2) is 8.81. The van der Waals surface area contributed by atoms with Gasteiger partial charge in [0.15, 0.2) is 0 Å². The molecule has 0 saturated heterocycles. The molecule has 2 rings (SSSR count). The van der Waals surface area contributed by atoms with E-state index < -0.39 is 0 Å². The van der Waals surface area contributed by atoms with E-state index in [2.05, 4.69) is 21.2 Å². The summed E-state index contributed by atoms with van der Waals surface area (Å²) in [4.78, 5) is 26.5. The van der Waals surface area contributed by atoms with Crippen molar-refractivity contribution >= 4 is 33.4 Å². The zero-order chi connectivity index (χ0) is 18.4. The van der Waals surface area contributed by atoms with Crippen LogP contribution in [0.2, 0.25) is 0 Å². The molecule has 1 atom stereocenters. The normalized spacial score (nSPS) is 11.7. The lowest BCUT2D eigenvalue weighted by Crippen LogP contribution is -2.37. The van der Waals surface area contributed by atoms with Crippen LogP contribution in [0.5, 0.6) is 0 Å². The van der Waals surface area contributed by atoms with Crippen LogP contribution >= 0.6 is 15.9 Å². The molecule has 0 aliphatic rings. The maximum atomic E-state index is 12.7. The van der Waals surface area contributed by atoms with Crippen LogP contribution in [0.4, 0.5) is 5.69 Å². The topological polar surface area (TPSA) is 49.4 Å². The Labute approximate surface area is 157 Å². The van der Waals surface area contributed by atoms with E-state index >= 15 is 0 Å². The summed E-state index contributed by atoms with van der Waals surface area (Å²) in [6, 6.07) is 15.3. The van der Waals surface area contributed by atoms with Crippen LogP contribution in [0.1, 0.15) is 30.4 Å². The average Bonchev–Trinajstić information content (AvgIpc) is 2.59. The van der Waals surface area contributed by atoms with Gasteiger partial charge in [0.1, 0.15) is 0 Å². The highest BCUT2D eigenvalue weighted by Crippen LogP contribution is 2.22. The molecule has 2 aromatic carbocycles. The number of aryl methyl sites for hydroxylation is 1. The highest BCUT2D eigenvalue weighted by atomic mass is 79.9. The monoisotopic (exact) mass is 402 g/mol. The smallest absolute Gasteiger partial charge is 0.243 e. The molecule has 5 heteroatoms. The first-order valence-electron chi connectivity index (χ1n) is 8.28. The number of anilines is 1. The Balaban J connectivity index is 2.01. The molecule has 2 aromatic rings. The average molecular weight is 403 g/mol. The van der Waals surface area contributed by atoms with E-state index in [9.17, 15) is 9.59 Å². The molecule has 0 fully saturated rings. The predicted octanol–water partition coefficient (Wildman–Crippen LogP) is 4.35. The number of hydrogen-bond acceptors (Lipinski definition) is 2. The Kier molecular flexibility index (Phi) is 6.76. The van der Waals surface area contributed by atoms with Gasteiger partial charge in [-0.1, -0.05) is 53.2 Å². The maximum absolute atomic E-state index is 12.7. The molecule has 0 radical (unpaired) electrons. The summed E-state index contributed by atoms with van der Waals surface area (Å²) in [7, 11) is 1.67. The van der Waals surface area contributed by atoms with Crippen molar-refractivity contribution in [1.29, 1.82) is 0 Å². The minimum Gasteiger partial charge on any atom is -0.336 e. The number of halogens is 1. The van der Waals surface area contributed by atoms with Gasteiger partial charge in [0.2, 0.25) is 11.8 Å². The highest BCUT2D eigenvalue weighted by molar-refractivity contribution is 9.10. The zero-order valence-corrected chi connectivity index (χ0v) is 16.3. The zero-order valence-electron chi connectivity index (χ0n) is 14.8. The standard InChI is InChI=1S/C20H23BrN2O2/c1-4-17(15-8-6-5-7-9-15)20(25)23(3)13-19(24)22-18-11-10-16(21)12-14(18)2/h5-12,17H,4,13H2,1-3H3,(H,22,24). The number of carbonyl (C=O) groups is 2. The van der Waals surface area contributed by atoms with Crippen LogP contribution in [0.25, 0.3) is 0 Å². The fraction of sp³-hybridized carbons (Fsp3) is 0.300. The van der Waals surface area contributed by atoms with Crippen LogP contribution in [0, 0.1) is 6.92 Å². The van der Waals surface area contributed by atoms with Crippen molar-refractivity contribution in [2.75, 3.05) is 18.9 Å². The van der Waals surface area contributed by atoms with Gasteiger partial charge in [0, 0.05) is 17.2 Å². The van der Waals surface area contributed by atoms with Crippen molar-refractivity contribution < 1.29 is 9.59 Å². The molecule has 1 unspecified atom stereocenters. The van der Waals surface area contributed by atoms with E-state index in [1.54, 1.807) is 7.05 Å². The first-order chi connectivity index (χ1) is 11.9. The van der Waals surface area contributed by atoms with Crippen LogP contribution in [-0.2, 0) is 9.59 Å². The first-order valence-corrected chi connectivity index (χ1v) is 9.07. The van der Waals surface area contributed by atoms with Crippen LogP contribution in [0.3, 0.4) is 0 Å². The number of rotatable bonds is 6. The van der Waals surface area contributed by atoms with Gasteiger partial charge >= 0.3 is 0 Å². The highest BCUT2D eigenvalue weighted by Gasteiger charge is 2.23. The summed E-state index contributed by atoms with van der Waals surface area (Å²) in [6.07, 6.45) is 0.695. The van der Waals surface area contributed by atoms with Crippen molar-refractivity contribution in [2.45, 2.75) is 26.2 Å². The second-order valence-corrected chi connectivity index (χ2v) is 6.99. The Hall–Kier alpha value is -2.14. The Morgan fingerprint density at radius 3 is 2.44 bits per heavy atom. The van der Waals surface area contributed by atoms with E-state index in [1.165, 1.54) is 4.90 Å². The molecule has 4 nitrogen and oxygen atoms in total. The van der Waals surface area contributed by atoms with Crippen molar-refractivity contribution in [3.05, 3.63) is 64.1 Å². The lowest BCUT2D eigenvalue weighted by Gasteiger charge is -2.23. The fourth-order valence-electron chi connectivity index (χ4n) is 2.75. The van der Waals surface area contributed by atoms with Crippen molar-refractivity contribution in [3.8, 4) is 0 Å². The molecular weight excluding hydrogens is 380 g/mol. The lowest BCUT2D eigenvalue weighted by molar-refractivity contribution is -0.134. The first kappa shape index (κ1) is 19.2. The summed E-state index contributed by atoms with van der Waals surface area (Å²) in [6.45, 7) is 3.93. The lowest BCUT2D eigenvalue weighted by atomic mass is 9.95. The van der Waals surface area contributed by atoms with Gasteiger partial charge in [-0.3, -0.25) is 9.59 Å². The molecule has 0 spiro atoms. The van der Waals surface area contributed by atoms with Crippen molar-refractivity contribution in [2.24, 2.45) is 0 Å². The molecule has 0 aliphatic heterocycles. The third-order valence-corrected chi connectivity index (χ3v) is 4.62. The summed E-state index contributed by atoms with van der Waals surface area (Å²) in [5.41, 5.74) is 2.70. The molecule has 2 amide bonds. The SMILES string of the molecule is CCC(C(=O)N(C)CC(=O)Nc1ccc(Br)cc1C)c1ccccc1. The quantitative estimate of drug-likeness (QED) is 0.780. The molecule has 0 aromatic heterocycles. The third-order valence-electron chi connectivity index (χ3n) is 4.13. The Morgan fingerprint density at radius 1 is 1.16 bits per heavy atom. The summed E-state index contributed by atoms with van der Waals surface area (Å²) < 4.78 is 0.962. The minimum atomic E-state index is -0.228. The van der Waals surface area contributed by atoms with Gasteiger partial charge in [-0.25, -0.2) is 0 Å². The minimum absolute atomic E-state index is 0.0255. The Morgan fingerprint density at radius 2 is 1.84 bits per heavy atom. The molecule has 0 saturated carbocycles. The van der Waals surface area contributed by atoms with E-state index in [0.29, 0.717) is 6.42 Å². The summed E-state index contributed by atoms with van der Waals surface area (Å²) in [5.74, 6) is -0.478. The van der Waals surface area contributed by atoms with Crippen LogP contribution < -0.4 is 5.32 Å². The third kappa shape index (κ3) is 5.16. The fourth-order valence-corrected chi connectivity index (χ4v) is 3.23. The number of carbonyl (C=O) groups excluding carboxylic acids is 2. The Bertz CT molecular complexity index is 747. The molecule has 0 bridgehead atoms. The van der Waals surface area contributed by atoms with E-state index in [0.717, 1.165) is 21.3 Å². The molecule has 1 N–H and O–H groups in total. The summed E-state index contributed by atoms with van der Waals surface area (Å²) >= 11 is 3.40. The largest absolute Gasteiger partial charge is 0.336 e. The molecule has 25 heavy (non-hydrogen) atoms. The number of likely N-dealkylation sites (N-methyl/N-ethyl adjacent to an activating group) is 1. The van der Waals surface area contributed by atoms with E-state index in [4.69, 9.17) is 0 Å². The summed E-state index contributed by atoms with van der Waals surface area (Å²) in [5, 5.41) is 2.87. The van der Waals surface area contributed by atoms with Gasteiger partial charge in [-0.2, -0.15) is 0 Å². The van der Waals surface area contributed by atoms with Gasteiger partial charge in [0.25, 0.3) is 0 Å². The van der Waals surface area contributed by atoms with Gasteiger partial charge < -0.3 is 10.2 Å². The number of nitrogens with zero attached hydrogens (tertiary/aromatic N) is 1. The van der Waals surface area contributed by atoms with Crippen LogP contribution in [-0.4, -0.2) is 30.3 Å².